The van der Waals surface area contributed by atoms with E-state index in [-0.39, 0.29) is 18.5 Å². The van der Waals surface area contributed by atoms with Crippen LogP contribution in [0.3, 0.4) is 0 Å². The SMILES string of the molecule is CC(C)OCCS(=O)(=O)Nc1ccc(C#CCN)cc1. The van der Waals surface area contributed by atoms with Crippen LogP contribution in [0.2, 0.25) is 0 Å². The Morgan fingerprint density at radius 2 is 1.95 bits per heavy atom. The van der Waals surface area contributed by atoms with Crippen LogP contribution >= 0.6 is 0 Å². The topological polar surface area (TPSA) is 81.4 Å². The van der Waals surface area contributed by atoms with Crippen molar-refractivity contribution < 1.29 is 13.2 Å². The van der Waals surface area contributed by atoms with Crippen LogP contribution in [0.25, 0.3) is 0 Å². The molecule has 1 rings (SSSR count). The number of anilines is 1. The van der Waals surface area contributed by atoms with E-state index in [4.69, 9.17) is 10.5 Å². The lowest BCUT2D eigenvalue weighted by molar-refractivity contribution is 0.0913. The smallest absolute Gasteiger partial charge is 0.234 e. The van der Waals surface area contributed by atoms with Gasteiger partial charge in [0.05, 0.1) is 25.0 Å². The van der Waals surface area contributed by atoms with Crippen LogP contribution in [0, 0.1) is 11.8 Å². The minimum absolute atomic E-state index is 0.0191. The molecule has 0 aliphatic carbocycles. The van der Waals surface area contributed by atoms with Gasteiger partial charge in [-0.3, -0.25) is 4.72 Å². The van der Waals surface area contributed by atoms with Gasteiger partial charge in [-0.05, 0) is 38.1 Å². The molecule has 0 aliphatic rings. The van der Waals surface area contributed by atoms with E-state index < -0.39 is 10.0 Å². The lowest BCUT2D eigenvalue weighted by Crippen LogP contribution is -2.21. The largest absolute Gasteiger partial charge is 0.378 e. The van der Waals surface area contributed by atoms with Gasteiger partial charge >= 0.3 is 0 Å². The van der Waals surface area contributed by atoms with Crippen molar-refractivity contribution in [3.63, 3.8) is 0 Å². The molecule has 0 aliphatic heterocycles. The third kappa shape index (κ3) is 6.57. The van der Waals surface area contributed by atoms with Gasteiger partial charge in [0.15, 0.2) is 0 Å². The first-order valence-corrected chi connectivity index (χ1v) is 7.99. The molecule has 0 bridgehead atoms. The minimum Gasteiger partial charge on any atom is -0.378 e. The summed E-state index contributed by atoms with van der Waals surface area (Å²) in [5, 5.41) is 0. The molecule has 6 heteroatoms. The zero-order chi connectivity index (χ0) is 15.0. The average molecular weight is 296 g/mol. The van der Waals surface area contributed by atoms with E-state index >= 15 is 0 Å². The monoisotopic (exact) mass is 296 g/mol. The van der Waals surface area contributed by atoms with E-state index in [1.54, 1.807) is 24.3 Å². The summed E-state index contributed by atoms with van der Waals surface area (Å²) in [6.45, 7) is 4.19. The number of ether oxygens (including phenoxy) is 1. The van der Waals surface area contributed by atoms with Crippen molar-refractivity contribution in [2.45, 2.75) is 20.0 Å². The molecule has 0 fully saturated rings. The van der Waals surface area contributed by atoms with Crippen molar-refractivity contribution in [1.82, 2.24) is 0 Å². The minimum atomic E-state index is -3.39. The van der Waals surface area contributed by atoms with Gasteiger partial charge in [-0.1, -0.05) is 11.8 Å². The molecule has 0 unspecified atom stereocenters. The summed E-state index contributed by atoms with van der Waals surface area (Å²) in [7, 11) is -3.39. The molecule has 1 aromatic carbocycles. The maximum Gasteiger partial charge on any atom is 0.234 e. The third-order valence-electron chi connectivity index (χ3n) is 2.30. The molecule has 0 aromatic heterocycles. The second kappa shape index (κ2) is 7.90. The first-order valence-electron chi connectivity index (χ1n) is 6.34. The van der Waals surface area contributed by atoms with Crippen molar-refractivity contribution in [3.8, 4) is 11.8 Å². The second-order valence-electron chi connectivity index (χ2n) is 4.42. The molecule has 0 saturated heterocycles. The van der Waals surface area contributed by atoms with Gasteiger partial charge in [-0.15, -0.1) is 0 Å². The third-order valence-corrected chi connectivity index (χ3v) is 3.55. The number of nitrogens with two attached hydrogens (primary N) is 1. The highest BCUT2D eigenvalue weighted by Gasteiger charge is 2.10. The lowest BCUT2D eigenvalue weighted by Gasteiger charge is -2.10. The van der Waals surface area contributed by atoms with Crippen LogP contribution in [-0.4, -0.2) is 33.4 Å². The molecule has 5 nitrogen and oxygen atoms in total. The molecule has 0 atom stereocenters. The predicted molar refractivity (Wildman–Crippen MR) is 80.9 cm³/mol. The van der Waals surface area contributed by atoms with E-state index in [1.165, 1.54) is 0 Å². The molecule has 1 aromatic rings. The summed E-state index contributed by atoms with van der Waals surface area (Å²) >= 11 is 0. The Kier molecular flexibility index (Phi) is 6.52. The first kappa shape index (κ1) is 16.5. The normalized spacial score (nSPS) is 11.0. The zero-order valence-electron chi connectivity index (χ0n) is 11.7. The molecule has 0 amide bonds. The van der Waals surface area contributed by atoms with Gasteiger partial charge in [-0.25, -0.2) is 8.42 Å². The Bertz CT molecular complexity index is 569. The molecule has 0 radical (unpaired) electrons. The van der Waals surface area contributed by atoms with Crippen LogP contribution < -0.4 is 10.5 Å². The molecule has 110 valence electrons. The van der Waals surface area contributed by atoms with Crippen LogP contribution in [0.15, 0.2) is 24.3 Å². The first-order chi connectivity index (χ1) is 9.43. The Morgan fingerprint density at radius 3 is 2.50 bits per heavy atom. The van der Waals surface area contributed by atoms with Gasteiger partial charge in [-0.2, -0.15) is 0 Å². The number of sulfonamides is 1. The number of hydrogen-bond acceptors (Lipinski definition) is 4. The Labute approximate surface area is 120 Å². The molecular formula is C14H20N2O3S. The average Bonchev–Trinajstić information content (AvgIpc) is 2.37. The van der Waals surface area contributed by atoms with E-state index in [0.29, 0.717) is 12.2 Å². The summed E-state index contributed by atoms with van der Waals surface area (Å²) in [6, 6.07) is 6.82. The van der Waals surface area contributed by atoms with Crippen molar-refractivity contribution in [1.29, 1.82) is 0 Å². The number of hydrogen-bond donors (Lipinski definition) is 2. The fourth-order valence-electron chi connectivity index (χ4n) is 1.40. The standard InChI is InChI=1S/C14H20N2O3S/c1-12(2)19-10-11-20(17,18)16-14-7-5-13(6-8-14)4-3-9-15/h5-8,12,16H,9-11,15H2,1-2H3. The van der Waals surface area contributed by atoms with Crippen molar-refractivity contribution in [3.05, 3.63) is 29.8 Å². The van der Waals surface area contributed by atoms with Crippen molar-refractivity contribution >= 4 is 15.7 Å². The zero-order valence-corrected chi connectivity index (χ0v) is 12.5. The summed E-state index contributed by atoms with van der Waals surface area (Å²) in [4.78, 5) is 0. The predicted octanol–water partition coefficient (Wildman–Crippen LogP) is 1.16. The molecule has 0 heterocycles. The van der Waals surface area contributed by atoms with Crippen LogP contribution in [-0.2, 0) is 14.8 Å². The van der Waals surface area contributed by atoms with E-state index in [9.17, 15) is 8.42 Å². The van der Waals surface area contributed by atoms with Crippen LogP contribution in [0.1, 0.15) is 19.4 Å². The molecular weight excluding hydrogens is 276 g/mol. The maximum absolute atomic E-state index is 11.8. The molecule has 0 saturated carbocycles. The van der Waals surface area contributed by atoms with Gasteiger partial charge in [0, 0.05) is 11.3 Å². The highest BCUT2D eigenvalue weighted by molar-refractivity contribution is 7.92. The molecule has 0 spiro atoms. The van der Waals surface area contributed by atoms with Gasteiger partial charge in [0.25, 0.3) is 0 Å². The fourth-order valence-corrected chi connectivity index (χ4v) is 2.31. The Hall–Kier alpha value is -1.55. The van der Waals surface area contributed by atoms with E-state index in [0.717, 1.165) is 5.56 Å². The highest BCUT2D eigenvalue weighted by atomic mass is 32.2. The number of nitrogens with one attached hydrogen (secondary N) is 1. The highest BCUT2D eigenvalue weighted by Crippen LogP contribution is 2.11. The van der Waals surface area contributed by atoms with Crippen molar-refractivity contribution in [2.75, 3.05) is 23.6 Å². The fraction of sp³-hybridized carbons (Fsp3) is 0.429. The lowest BCUT2D eigenvalue weighted by atomic mass is 10.2. The van der Waals surface area contributed by atoms with Crippen LogP contribution in [0.4, 0.5) is 5.69 Å². The summed E-state index contributed by atoms with van der Waals surface area (Å²) in [6.07, 6.45) is 0.0191. The van der Waals surface area contributed by atoms with Gasteiger partial charge in [0.2, 0.25) is 10.0 Å². The van der Waals surface area contributed by atoms with Crippen molar-refractivity contribution in [2.24, 2.45) is 5.73 Å². The summed E-state index contributed by atoms with van der Waals surface area (Å²) in [5.74, 6) is 5.53. The quantitative estimate of drug-likeness (QED) is 0.772. The van der Waals surface area contributed by atoms with E-state index in [1.807, 2.05) is 13.8 Å². The maximum atomic E-state index is 11.8. The Morgan fingerprint density at radius 1 is 1.30 bits per heavy atom. The molecule has 3 N–H and O–H groups in total. The second-order valence-corrected chi connectivity index (χ2v) is 6.27. The summed E-state index contributed by atoms with van der Waals surface area (Å²) in [5.41, 5.74) is 6.58. The molecule has 20 heavy (non-hydrogen) atoms. The number of benzene rings is 1. The van der Waals surface area contributed by atoms with Gasteiger partial charge in [0.1, 0.15) is 0 Å². The summed E-state index contributed by atoms with van der Waals surface area (Å²) < 4.78 is 31.3. The van der Waals surface area contributed by atoms with Gasteiger partial charge < -0.3 is 10.5 Å². The van der Waals surface area contributed by atoms with E-state index in [2.05, 4.69) is 16.6 Å². The Balaban J connectivity index is 2.59. The van der Waals surface area contributed by atoms with Crippen LogP contribution in [0.5, 0.6) is 0 Å². The number of rotatable bonds is 6.